The van der Waals surface area contributed by atoms with Crippen LogP contribution in [-0.4, -0.2) is 54.3 Å². The summed E-state index contributed by atoms with van der Waals surface area (Å²) in [6.07, 6.45) is 22.2. The molecular formula is C27H48NO8P. The highest BCUT2D eigenvalue weighted by Crippen LogP contribution is 2.42. The second kappa shape index (κ2) is 24.6. The highest BCUT2D eigenvalue weighted by molar-refractivity contribution is 7.47. The number of nitrogens with one attached hydrogen (secondary N) is 1. The average molecular weight is 546 g/mol. The molecule has 2 unspecified atom stereocenters. The number of aliphatic hydroxyl groups excluding tert-OH is 1. The van der Waals surface area contributed by atoms with Crippen LogP contribution in [0.1, 0.15) is 90.9 Å². The number of aliphatic hydroxyl groups is 1. The van der Waals surface area contributed by atoms with Gasteiger partial charge in [-0.3, -0.25) is 18.6 Å². The van der Waals surface area contributed by atoms with Crippen molar-refractivity contribution in [2.75, 3.05) is 26.4 Å². The number of esters is 1. The summed E-state index contributed by atoms with van der Waals surface area (Å²) in [6, 6.07) is 0. The number of hydrogen-bond donors (Lipinski definition) is 3. The Bertz CT molecular complexity index is 723. The van der Waals surface area contributed by atoms with Crippen molar-refractivity contribution in [1.82, 2.24) is 5.32 Å². The molecule has 0 aromatic heterocycles. The Kier molecular flexibility index (Phi) is 23.4. The lowest BCUT2D eigenvalue weighted by molar-refractivity contribution is -0.147. The fourth-order valence-electron chi connectivity index (χ4n) is 3.08. The third-order valence-electron chi connectivity index (χ3n) is 5.05. The van der Waals surface area contributed by atoms with Gasteiger partial charge in [-0.05, 0) is 44.9 Å². The van der Waals surface area contributed by atoms with Crippen molar-refractivity contribution in [3.63, 3.8) is 0 Å². The van der Waals surface area contributed by atoms with Crippen LogP contribution in [0.2, 0.25) is 0 Å². The lowest BCUT2D eigenvalue weighted by Gasteiger charge is -2.15. The van der Waals surface area contributed by atoms with E-state index in [1.165, 1.54) is 0 Å². The first-order chi connectivity index (χ1) is 17.8. The molecular weight excluding hydrogens is 497 g/mol. The van der Waals surface area contributed by atoms with Gasteiger partial charge in [-0.1, -0.05) is 69.6 Å². The lowest BCUT2D eigenvalue weighted by Crippen LogP contribution is -2.27. The van der Waals surface area contributed by atoms with E-state index in [-0.39, 0.29) is 32.1 Å². The molecule has 0 saturated carbocycles. The minimum atomic E-state index is -4.38. The quantitative estimate of drug-likeness (QED) is 0.0624. The van der Waals surface area contributed by atoms with Gasteiger partial charge in [0.2, 0.25) is 5.91 Å². The van der Waals surface area contributed by atoms with Crippen LogP contribution in [0.25, 0.3) is 0 Å². The Labute approximate surface area is 223 Å². The molecule has 0 aromatic carbocycles. The van der Waals surface area contributed by atoms with Crippen molar-refractivity contribution < 1.29 is 37.9 Å². The van der Waals surface area contributed by atoms with Crippen molar-refractivity contribution in [2.45, 2.75) is 97.0 Å². The number of hydrogen-bond acceptors (Lipinski definition) is 7. The normalized spacial score (nSPS) is 14.4. The zero-order valence-corrected chi connectivity index (χ0v) is 23.5. The standard InChI is InChI=1S/C27H48NO8P/c1-3-5-6-7-8-9-10-11-12-13-14-15-16-17-18-20-27(31)34-23-25(29)24-36-37(32,33)35-22-21-28-26(30)19-4-2/h5-6,8-9,11-12,25,29H,3-4,7,10,13-24H2,1-2H3,(H,28,30)(H,32,33)/b6-5-,9-8-,12-11-. The summed E-state index contributed by atoms with van der Waals surface area (Å²) in [5, 5.41) is 12.3. The molecule has 0 saturated heterocycles. The molecule has 0 rings (SSSR count). The maximum absolute atomic E-state index is 11.8. The Morgan fingerprint density at radius 3 is 2.22 bits per heavy atom. The van der Waals surface area contributed by atoms with E-state index in [2.05, 4.69) is 48.7 Å². The van der Waals surface area contributed by atoms with Gasteiger partial charge in [0.15, 0.2) is 0 Å². The molecule has 0 spiro atoms. The fourth-order valence-corrected chi connectivity index (χ4v) is 3.84. The highest BCUT2D eigenvalue weighted by Gasteiger charge is 2.23. The third-order valence-corrected chi connectivity index (χ3v) is 6.04. The molecule has 1 amide bonds. The van der Waals surface area contributed by atoms with E-state index in [0.717, 1.165) is 51.4 Å². The van der Waals surface area contributed by atoms with E-state index >= 15 is 0 Å². The first kappa shape index (κ1) is 35.2. The Hall–Kier alpha value is -1.77. The number of amides is 1. The number of phosphoric ester groups is 1. The first-order valence-electron chi connectivity index (χ1n) is 13.5. The van der Waals surface area contributed by atoms with Crippen LogP contribution >= 0.6 is 7.82 Å². The number of carbonyl (C=O) groups excluding carboxylic acids is 2. The predicted molar refractivity (Wildman–Crippen MR) is 146 cm³/mol. The zero-order valence-electron chi connectivity index (χ0n) is 22.6. The minimum Gasteiger partial charge on any atom is -0.463 e. The summed E-state index contributed by atoms with van der Waals surface area (Å²) in [4.78, 5) is 32.7. The first-order valence-corrected chi connectivity index (χ1v) is 15.0. The van der Waals surface area contributed by atoms with Crippen molar-refractivity contribution >= 4 is 19.7 Å². The highest BCUT2D eigenvalue weighted by atomic mass is 31.2. The van der Waals surface area contributed by atoms with Crippen molar-refractivity contribution in [3.05, 3.63) is 36.5 Å². The van der Waals surface area contributed by atoms with Crippen LogP contribution in [-0.2, 0) is 27.9 Å². The van der Waals surface area contributed by atoms with Crippen LogP contribution < -0.4 is 5.32 Å². The number of allylic oxidation sites excluding steroid dienone is 6. The molecule has 0 aliphatic carbocycles. The van der Waals surface area contributed by atoms with Gasteiger partial charge < -0.3 is 20.1 Å². The molecule has 2 atom stereocenters. The van der Waals surface area contributed by atoms with Gasteiger partial charge in [0, 0.05) is 19.4 Å². The van der Waals surface area contributed by atoms with Gasteiger partial charge in [0.05, 0.1) is 13.2 Å². The molecule has 0 aromatic rings. The largest absolute Gasteiger partial charge is 0.472 e. The second-order valence-corrected chi connectivity index (χ2v) is 10.1. The molecule has 0 radical (unpaired) electrons. The van der Waals surface area contributed by atoms with Crippen LogP contribution in [0, 0.1) is 0 Å². The van der Waals surface area contributed by atoms with Gasteiger partial charge in [0.1, 0.15) is 12.7 Å². The summed E-state index contributed by atoms with van der Waals surface area (Å²) in [6.45, 7) is 3.00. The Balaban J connectivity index is 3.67. The van der Waals surface area contributed by atoms with E-state index in [1.54, 1.807) is 0 Å². The van der Waals surface area contributed by atoms with Gasteiger partial charge in [-0.2, -0.15) is 0 Å². The number of phosphoric acid groups is 1. The Morgan fingerprint density at radius 1 is 0.865 bits per heavy atom. The van der Waals surface area contributed by atoms with Crippen LogP contribution in [0.4, 0.5) is 0 Å². The summed E-state index contributed by atoms with van der Waals surface area (Å²) in [7, 11) is -4.38. The van der Waals surface area contributed by atoms with Crippen molar-refractivity contribution in [1.29, 1.82) is 0 Å². The maximum atomic E-state index is 11.8. The van der Waals surface area contributed by atoms with Crippen LogP contribution in [0.5, 0.6) is 0 Å². The van der Waals surface area contributed by atoms with E-state index in [1.807, 2.05) is 6.92 Å². The van der Waals surface area contributed by atoms with Crippen LogP contribution in [0.15, 0.2) is 36.5 Å². The molecule has 3 N–H and O–H groups in total. The molecule has 0 heterocycles. The summed E-state index contributed by atoms with van der Waals surface area (Å²) in [5.74, 6) is -0.596. The fraction of sp³-hybridized carbons (Fsp3) is 0.704. The molecule has 0 aliphatic rings. The number of unbranched alkanes of at least 4 members (excludes halogenated alkanes) is 5. The smallest absolute Gasteiger partial charge is 0.463 e. The molecule has 9 nitrogen and oxygen atoms in total. The van der Waals surface area contributed by atoms with Gasteiger partial charge in [0.25, 0.3) is 0 Å². The minimum absolute atomic E-state index is 0.0689. The predicted octanol–water partition coefficient (Wildman–Crippen LogP) is 5.53. The zero-order chi connectivity index (χ0) is 27.6. The summed E-state index contributed by atoms with van der Waals surface area (Å²) >= 11 is 0. The number of carbonyl (C=O) groups is 2. The van der Waals surface area contributed by atoms with Crippen LogP contribution in [0.3, 0.4) is 0 Å². The summed E-state index contributed by atoms with van der Waals surface area (Å²) in [5.41, 5.74) is 0. The second-order valence-electron chi connectivity index (χ2n) is 8.63. The monoisotopic (exact) mass is 545 g/mol. The van der Waals surface area contributed by atoms with Gasteiger partial charge in [-0.25, -0.2) is 4.57 Å². The topological polar surface area (TPSA) is 131 Å². The molecule has 0 fully saturated rings. The van der Waals surface area contributed by atoms with E-state index < -0.39 is 26.5 Å². The van der Waals surface area contributed by atoms with E-state index in [0.29, 0.717) is 19.3 Å². The Morgan fingerprint density at radius 2 is 1.51 bits per heavy atom. The number of ether oxygens (including phenoxy) is 1. The lowest BCUT2D eigenvalue weighted by atomic mass is 10.1. The van der Waals surface area contributed by atoms with Gasteiger partial charge >= 0.3 is 13.8 Å². The average Bonchev–Trinajstić information content (AvgIpc) is 2.86. The number of rotatable bonds is 24. The molecule has 0 aliphatic heterocycles. The van der Waals surface area contributed by atoms with E-state index in [4.69, 9.17) is 13.8 Å². The molecule has 214 valence electrons. The SMILES string of the molecule is CC/C=C\C/C=C\C/C=C\CCCCCCCC(=O)OCC(O)COP(=O)(O)OCCNC(=O)CCC. The maximum Gasteiger partial charge on any atom is 0.472 e. The molecule has 37 heavy (non-hydrogen) atoms. The third kappa shape index (κ3) is 25.7. The van der Waals surface area contributed by atoms with E-state index in [9.17, 15) is 24.2 Å². The van der Waals surface area contributed by atoms with Crippen molar-refractivity contribution in [3.8, 4) is 0 Å². The van der Waals surface area contributed by atoms with Crippen molar-refractivity contribution in [2.24, 2.45) is 0 Å². The van der Waals surface area contributed by atoms with Gasteiger partial charge in [-0.15, -0.1) is 0 Å². The summed E-state index contributed by atoms with van der Waals surface area (Å²) < 4.78 is 26.2. The molecule has 0 bridgehead atoms. The molecule has 10 heteroatoms.